The van der Waals surface area contributed by atoms with Crippen LogP contribution in [0.3, 0.4) is 0 Å². The lowest BCUT2D eigenvalue weighted by Gasteiger charge is -2.18. The minimum atomic E-state index is -0.763. The smallest absolute Gasteiger partial charge is 0.306 e. The van der Waals surface area contributed by atoms with Crippen molar-refractivity contribution in [2.24, 2.45) is 11.8 Å². The molecule has 6 heteroatoms. The van der Waals surface area contributed by atoms with Crippen LogP contribution in [0.25, 0.3) is 0 Å². The van der Waals surface area contributed by atoms with E-state index in [0.29, 0.717) is 19.3 Å². The highest BCUT2D eigenvalue weighted by Gasteiger charge is 2.19. The Bertz CT molecular complexity index is 995. The van der Waals surface area contributed by atoms with Gasteiger partial charge in [0.05, 0.1) is 0 Å². The summed E-state index contributed by atoms with van der Waals surface area (Å²) in [4.78, 5) is 38.2. The molecule has 0 amide bonds. The van der Waals surface area contributed by atoms with E-state index in [1.165, 1.54) is 218 Å². The van der Waals surface area contributed by atoms with Crippen LogP contribution in [0.1, 0.15) is 330 Å². The van der Waals surface area contributed by atoms with E-state index < -0.39 is 6.10 Å². The molecule has 0 saturated heterocycles. The van der Waals surface area contributed by atoms with E-state index in [-0.39, 0.29) is 31.1 Å². The molecule has 386 valence electrons. The molecule has 1 unspecified atom stereocenters. The highest BCUT2D eigenvalue weighted by Crippen LogP contribution is 2.19. The van der Waals surface area contributed by atoms with E-state index in [4.69, 9.17) is 14.2 Å². The van der Waals surface area contributed by atoms with Crippen LogP contribution in [0, 0.1) is 11.8 Å². The summed E-state index contributed by atoms with van der Waals surface area (Å²) in [5.41, 5.74) is 0. The molecule has 0 aliphatic heterocycles. The van der Waals surface area contributed by atoms with Gasteiger partial charge in [0, 0.05) is 19.3 Å². The zero-order valence-electron chi connectivity index (χ0n) is 44.6. The van der Waals surface area contributed by atoms with E-state index in [1.807, 2.05) is 0 Å². The maximum absolute atomic E-state index is 12.9. The Kier molecular flexibility index (Phi) is 50.5. The van der Waals surface area contributed by atoms with Crippen LogP contribution in [-0.2, 0) is 28.6 Å². The summed E-state index contributed by atoms with van der Waals surface area (Å²) in [5, 5.41) is 0. The number of hydrogen-bond acceptors (Lipinski definition) is 6. The van der Waals surface area contributed by atoms with Gasteiger partial charge in [-0.3, -0.25) is 14.4 Å². The number of carbonyl (C=O) groups excluding carboxylic acids is 3. The zero-order valence-corrected chi connectivity index (χ0v) is 44.6. The van der Waals surface area contributed by atoms with E-state index in [9.17, 15) is 14.4 Å². The monoisotopic (exact) mass is 919 g/mol. The third kappa shape index (κ3) is 51.6. The van der Waals surface area contributed by atoms with Gasteiger partial charge < -0.3 is 14.2 Å². The standard InChI is InChI=1S/C59H114O6/c1-6-8-9-10-11-12-13-14-15-16-17-20-23-29-34-39-44-49-57(60)63-52-56(53-64-58(61)50-45-40-35-30-26-25-28-33-38-43-48-55(5)7-2)65-59(62)51-46-41-36-31-24-21-18-19-22-27-32-37-42-47-54(3)4/h54-56H,6-53H2,1-5H3/t55?,56-/m0/s1. The number of unbranched alkanes of at least 4 members (excludes halogenated alkanes) is 37. The average Bonchev–Trinajstić information content (AvgIpc) is 3.29. The molecule has 0 N–H and O–H groups in total. The molecule has 0 fully saturated rings. The van der Waals surface area contributed by atoms with Gasteiger partial charge in [-0.25, -0.2) is 0 Å². The summed E-state index contributed by atoms with van der Waals surface area (Å²) in [5.74, 6) is 0.869. The number of ether oxygens (including phenoxy) is 3. The molecule has 2 atom stereocenters. The minimum absolute atomic E-state index is 0.0627. The van der Waals surface area contributed by atoms with Gasteiger partial charge in [0.15, 0.2) is 6.10 Å². The van der Waals surface area contributed by atoms with E-state index >= 15 is 0 Å². The number of rotatable bonds is 53. The van der Waals surface area contributed by atoms with Crippen LogP contribution in [-0.4, -0.2) is 37.2 Å². The summed E-state index contributed by atoms with van der Waals surface area (Å²) in [6.45, 7) is 11.4. The molecule has 0 rings (SSSR count). The van der Waals surface area contributed by atoms with Crippen molar-refractivity contribution in [1.29, 1.82) is 0 Å². The maximum Gasteiger partial charge on any atom is 0.306 e. The first-order chi connectivity index (χ1) is 31.8. The van der Waals surface area contributed by atoms with Crippen molar-refractivity contribution >= 4 is 17.9 Å². The summed E-state index contributed by atoms with van der Waals surface area (Å²) < 4.78 is 16.9. The molecule has 0 saturated carbocycles. The Balaban J connectivity index is 4.30. The molecular weight excluding hydrogens is 805 g/mol. The van der Waals surface area contributed by atoms with Gasteiger partial charge in [-0.15, -0.1) is 0 Å². The minimum Gasteiger partial charge on any atom is -0.462 e. The van der Waals surface area contributed by atoms with E-state index in [1.54, 1.807) is 0 Å². The molecule has 0 aromatic carbocycles. The molecule has 0 bridgehead atoms. The van der Waals surface area contributed by atoms with Crippen molar-refractivity contribution < 1.29 is 28.6 Å². The van der Waals surface area contributed by atoms with Gasteiger partial charge in [0.2, 0.25) is 0 Å². The molecule has 0 aliphatic carbocycles. The lowest BCUT2D eigenvalue weighted by molar-refractivity contribution is -0.167. The lowest BCUT2D eigenvalue weighted by atomic mass is 9.99. The highest BCUT2D eigenvalue weighted by molar-refractivity contribution is 5.71. The van der Waals surface area contributed by atoms with Gasteiger partial charge in [0.25, 0.3) is 0 Å². The Hall–Kier alpha value is -1.59. The van der Waals surface area contributed by atoms with E-state index in [0.717, 1.165) is 69.6 Å². The maximum atomic E-state index is 12.9. The summed E-state index contributed by atoms with van der Waals surface area (Å²) >= 11 is 0. The summed E-state index contributed by atoms with van der Waals surface area (Å²) in [6.07, 6.45) is 55.1. The van der Waals surface area contributed by atoms with E-state index in [2.05, 4.69) is 34.6 Å². The first-order valence-corrected chi connectivity index (χ1v) is 29.3. The van der Waals surface area contributed by atoms with Crippen molar-refractivity contribution in [3.8, 4) is 0 Å². The van der Waals surface area contributed by atoms with Crippen LogP contribution in [0.4, 0.5) is 0 Å². The van der Waals surface area contributed by atoms with Crippen molar-refractivity contribution in [2.45, 2.75) is 336 Å². The first-order valence-electron chi connectivity index (χ1n) is 29.3. The first kappa shape index (κ1) is 63.4. The van der Waals surface area contributed by atoms with Gasteiger partial charge in [-0.05, 0) is 31.1 Å². The van der Waals surface area contributed by atoms with Gasteiger partial charge in [-0.2, -0.15) is 0 Å². The molecule has 0 aliphatic rings. The van der Waals surface area contributed by atoms with Crippen LogP contribution in [0.15, 0.2) is 0 Å². The van der Waals surface area contributed by atoms with Crippen molar-refractivity contribution in [1.82, 2.24) is 0 Å². The van der Waals surface area contributed by atoms with Crippen molar-refractivity contribution in [2.75, 3.05) is 13.2 Å². The topological polar surface area (TPSA) is 78.9 Å². The fourth-order valence-electron chi connectivity index (χ4n) is 9.02. The van der Waals surface area contributed by atoms with Crippen LogP contribution < -0.4 is 0 Å². The Morgan fingerprint density at radius 2 is 0.585 bits per heavy atom. The predicted octanol–water partition coefficient (Wildman–Crippen LogP) is 19.3. The Labute approximate surface area is 406 Å². The van der Waals surface area contributed by atoms with Crippen LogP contribution in [0.2, 0.25) is 0 Å². The van der Waals surface area contributed by atoms with Crippen molar-refractivity contribution in [3.63, 3.8) is 0 Å². The van der Waals surface area contributed by atoms with Gasteiger partial charge >= 0.3 is 17.9 Å². The molecule has 0 heterocycles. The second-order valence-corrected chi connectivity index (χ2v) is 21.0. The number of esters is 3. The fourth-order valence-corrected chi connectivity index (χ4v) is 9.02. The SMILES string of the molecule is CCCCCCCCCCCCCCCCCCCC(=O)OC[C@@H](COC(=O)CCCCCCCCCCCCC(C)CC)OC(=O)CCCCCCCCCCCCCCCC(C)C. The fraction of sp³-hybridized carbons (Fsp3) is 0.949. The van der Waals surface area contributed by atoms with Gasteiger partial charge in [-0.1, -0.05) is 291 Å². The molecule has 65 heavy (non-hydrogen) atoms. The molecule has 0 aromatic rings. The largest absolute Gasteiger partial charge is 0.462 e. The lowest BCUT2D eigenvalue weighted by Crippen LogP contribution is -2.30. The molecule has 0 spiro atoms. The second-order valence-electron chi connectivity index (χ2n) is 21.0. The highest BCUT2D eigenvalue weighted by atomic mass is 16.6. The summed E-state index contributed by atoms with van der Waals surface area (Å²) in [7, 11) is 0. The summed E-state index contributed by atoms with van der Waals surface area (Å²) in [6, 6.07) is 0. The van der Waals surface area contributed by atoms with Gasteiger partial charge in [0.1, 0.15) is 13.2 Å². The molecule has 0 aromatic heterocycles. The number of hydrogen-bond donors (Lipinski definition) is 0. The molecule has 0 radical (unpaired) electrons. The second kappa shape index (κ2) is 51.8. The zero-order chi connectivity index (χ0) is 47.5. The van der Waals surface area contributed by atoms with Crippen LogP contribution in [0.5, 0.6) is 0 Å². The third-order valence-corrected chi connectivity index (χ3v) is 13.8. The molecule has 6 nitrogen and oxygen atoms in total. The average molecular weight is 920 g/mol. The molecular formula is C59H114O6. The van der Waals surface area contributed by atoms with Crippen molar-refractivity contribution in [3.05, 3.63) is 0 Å². The number of carbonyl (C=O) groups is 3. The quantitative estimate of drug-likeness (QED) is 0.0344. The third-order valence-electron chi connectivity index (χ3n) is 13.8. The van der Waals surface area contributed by atoms with Crippen LogP contribution >= 0.6 is 0 Å². The normalized spacial score (nSPS) is 12.5. The Morgan fingerprint density at radius 1 is 0.323 bits per heavy atom. The predicted molar refractivity (Wildman–Crippen MR) is 280 cm³/mol. The Morgan fingerprint density at radius 3 is 0.877 bits per heavy atom.